The summed E-state index contributed by atoms with van der Waals surface area (Å²) in [6.45, 7) is 0.828. The van der Waals surface area contributed by atoms with Gasteiger partial charge in [-0.05, 0) is 36.4 Å². The molecule has 3 N–H and O–H groups in total. The molecule has 0 heterocycles. The first-order valence-corrected chi connectivity index (χ1v) is 7.15. The summed E-state index contributed by atoms with van der Waals surface area (Å²) in [6, 6.07) is 14.7. The molecular weight excluding hydrogens is 429 g/mol. The number of guanidine groups is 1. The van der Waals surface area contributed by atoms with Gasteiger partial charge in [0.1, 0.15) is 18.1 Å². The molecule has 0 saturated carbocycles. The van der Waals surface area contributed by atoms with E-state index >= 15 is 0 Å². The van der Waals surface area contributed by atoms with Gasteiger partial charge in [0.2, 0.25) is 0 Å². The fourth-order valence-corrected chi connectivity index (χ4v) is 1.94. The number of methoxy groups -OCH3 is 1. The highest BCUT2D eigenvalue weighted by atomic mass is 127. The Balaban J connectivity index is 0.00000264. The van der Waals surface area contributed by atoms with Crippen molar-refractivity contribution in [3.63, 3.8) is 0 Å². The van der Waals surface area contributed by atoms with Gasteiger partial charge < -0.3 is 20.5 Å². The predicted octanol–water partition coefficient (Wildman–Crippen LogP) is 3.77. The maximum Gasteiger partial charge on any atom is 0.193 e. The molecule has 0 radical (unpaired) electrons. The van der Waals surface area contributed by atoms with Crippen LogP contribution in [-0.2, 0) is 0 Å². The summed E-state index contributed by atoms with van der Waals surface area (Å²) < 4.78 is 10.6. The zero-order valence-corrected chi connectivity index (χ0v) is 15.7. The first kappa shape index (κ1) is 19.4. The predicted molar refractivity (Wildman–Crippen MR) is 105 cm³/mol. The van der Waals surface area contributed by atoms with Gasteiger partial charge in [0, 0.05) is 5.69 Å². The van der Waals surface area contributed by atoms with Crippen molar-refractivity contribution in [1.29, 1.82) is 0 Å². The van der Waals surface area contributed by atoms with E-state index < -0.39 is 0 Å². The molecule has 124 valence electrons. The Labute approximate surface area is 157 Å². The zero-order chi connectivity index (χ0) is 15.8. The Bertz CT molecular complexity index is 635. The highest BCUT2D eigenvalue weighted by Gasteiger charge is 1.99. The summed E-state index contributed by atoms with van der Waals surface area (Å²) in [7, 11) is 1.62. The average molecular weight is 448 g/mol. The summed E-state index contributed by atoms with van der Waals surface area (Å²) in [5.41, 5.74) is 6.65. The number of nitrogens with two attached hydrogens (primary N) is 1. The molecule has 2 rings (SSSR count). The molecular formula is C16H19ClIN3O2. The van der Waals surface area contributed by atoms with E-state index in [1.807, 2.05) is 42.5 Å². The summed E-state index contributed by atoms with van der Waals surface area (Å²) in [4.78, 5) is 4.19. The third kappa shape index (κ3) is 6.54. The van der Waals surface area contributed by atoms with Crippen LogP contribution in [0.2, 0.25) is 5.02 Å². The first-order chi connectivity index (χ1) is 10.7. The molecule has 2 aromatic rings. The second-order valence-electron chi connectivity index (χ2n) is 4.40. The maximum atomic E-state index is 5.99. The molecule has 7 heteroatoms. The Morgan fingerprint density at radius 3 is 2.52 bits per heavy atom. The number of hydrogen-bond acceptors (Lipinski definition) is 3. The van der Waals surface area contributed by atoms with Gasteiger partial charge >= 0.3 is 0 Å². The van der Waals surface area contributed by atoms with Crippen molar-refractivity contribution >= 4 is 47.2 Å². The number of halogens is 2. The van der Waals surface area contributed by atoms with E-state index in [1.54, 1.807) is 13.2 Å². The summed E-state index contributed by atoms with van der Waals surface area (Å²) in [6.07, 6.45) is 0. The number of nitrogens with one attached hydrogen (secondary N) is 1. The number of anilines is 1. The highest BCUT2D eigenvalue weighted by Crippen LogP contribution is 2.22. The van der Waals surface area contributed by atoms with Crippen LogP contribution in [0.25, 0.3) is 0 Å². The van der Waals surface area contributed by atoms with Crippen LogP contribution in [0.3, 0.4) is 0 Å². The zero-order valence-electron chi connectivity index (χ0n) is 12.7. The number of para-hydroxylation sites is 1. The molecule has 0 spiro atoms. The first-order valence-electron chi connectivity index (χ1n) is 6.77. The van der Waals surface area contributed by atoms with Gasteiger partial charge in [-0.15, -0.1) is 24.0 Å². The quantitative estimate of drug-likeness (QED) is 0.306. The Hall–Kier alpha value is -1.67. The van der Waals surface area contributed by atoms with Gasteiger partial charge in [-0.1, -0.05) is 23.7 Å². The van der Waals surface area contributed by atoms with Crippen molar-refractivity contribution in [3.05, 3.63) is 53.6 Å². The van der Waals surface area contributed by atoms with E-state index in [9.17, 15) is 0 Å². The van der Waals surface area contributed by atoms with Crippen molar-refractivity contribution in [2.24, 2.45) is 10.7 Å². The van der Waals surface area contributed by atoms with Crippen molar-refractivity contribution < 1.29 is 9.47 Å². The van der Waals surface area contributed by atoms with Gasteiger partial charge in [-0.25, -0.2) is 4.99 Å². The van der Waals surface area contributed by atoms with E-state index in [4.69, 9.17) is 26.8 Å². The van der Waals surface area contributed by atoms with Crippen LogP contribution >= 0.6 is 35.6 Å². The van der Waals surface area contributed by atoms with E-state index in [1.165, 1.54) is 0 Å². The molecule has 2 aromatic carbocycles. The largest absolute Gasteiger partial charge is 0.497 e. The van der Waals surface area contributed by atoms with Crippen LogP contribution in [0.15, 0.2) is 53.5 Å². The molecule has 23 heavy (non-hydrogen) atoms. The van der Waals surface area contributed by atoms with Gasteiger partial charge in [0.15, 0.2) is 5.96 Å². The van der Waals surface area contributed by atoms with E-state index in [0.29, 0.717) is 29.9 Å². The van der Waals surface area contributed by atoms with Crippen LogP contribution in [0.5, 0.6) is 11.5 Å². The fraction of sp³-hybridized carbons (Fsp3) is 0.188. The average Bonchev–Trinajstić information content (AvgIpc) is 2.54. The molecule has 0 atom stereocenters. The number of rotatable bonds is 6. The van der Waals surface area contributed by atoms with Gasteiger partial charge in [-0.3, -0.25) is 0 Å². The Kier molecular flexibility index (Phi) is 8.57. The van der Waals surface area contributed by atoms with Crippen molar-refractivity contribution in [3.8, 4) is 11.5 Å². The lowest BCUT2D eigenvalue weighted by Crippen LogP contribution is -2.23. The van der Waals surface area contributed by atoms with Crippen LogP contribution in [0.4, 0.5) is 5.69 Å². The van der Waals surface area contributed by atoms with Gasteiger partial charge in [0.05, 0.1) is 18.7 Å². The van der Waals surface area contributed by atoms with Crippen LogP contribution in [0.1, 0.15) is 0 Å². The minimum absolute atomic E-state index is 0. The molecule has 0 unspecified atom stereocenters. The van der Waals surface area contributed by atoms with Crippen LogP contribution in [0, 0.1) is 0 Å². The third-order valence-electron chi connectivity index (χ3n) is 2.83. The second kappa shape index (κ2) is 10.2. The smallest absolute Gasteiger partial charge is 0.193 e. The lowest BCUT2D eigenvalue weighted by atomic mass is 10.3. The number of nitrogens with zero attached hydrogens (tertiary/aromatic N) is 1. The second-order valence-corrected chi connectivity index (χ2v) is 4.81. The molecule has 0 aliphatic carbocycles. The molecule has 0 aliphatic heterocycles. The lowest BCUT2D eigenvalue weighted by molar-refractivity contribution is 0.329. The van der Waals surface area contributed by atoms with Crippen molar-refractivity contribution in [2.75, 3.05) is 25.6 Å². The Morgan fingerprint density at radius 2 is 1.87 bits per heavy atom. The minimum atomic E-state index is 0. The van der Waals surface area contributed by atoms with Crippen molar-refractivity contribution in [2.45, 2.75) is 0 Å². The standard InChI is InChI=1S/C16H18ClN3O2.HI/c1-21-13-8-6-12(7-9-13)20-16(18)19-10-11-22-15-5-3-2-4-14(15)17;/h2-9H,10-11H2,1H3,(H3,18,19,20);1H. The number of hydrogen-bond donors (Lipinski definition) is 2. The van der Waals surface area contributed by atoms with Crippen LogP contribution in [-0.4, -0.2) is 26.2 Å². The van der Waals surface area contributed by atoms with Crippen LogP contribution < -0.4 is 20.5 Å². The molecule has 0 aliphatic rings. The normalized spacial score (nSPS) is 10.6. The van der Waals surface area contributed by atoms with Gasteiger partial charge in [0.25, 0.3) is 0 Å². The number of benzene rings is 2. The Morgan fingerprint density at radius 1 is 1.17 bits per heavy atom. The summed E-state index contributed by atoms with van der Waals surface area (Å²) in [5.74, 6) is 1.75. The van der Waals surface area contributed by atoms with Crippen molar-refractivity contribution in [1.82, 2.24) is 0 Å². The SMILES string of the molecule is COc1ccc(NC(N)=NCCOc2ccccc2Cl)cc1.I. The molecule has 0 aromatic heterocycles. The number of ether oxygens (including phenoxy) is 2. The summed E-state index contributed by atoms with van der Waals surface area (Å²) in [5, 5.41) is 3.57. The lowest BCUT2D eigenvalue weighted by Gasteiger charge is -2.08. The maximum absolute atomic E-state index is 5.99. The number of aliphatic imine (C=N–C) groups is 1. The third-order valence-corrected chi connectivity index (χ3v) is 3.14. The van der Waals surface area contributed by atoms with E-state index in [-0.39, 0.29) is 24.0 Å². The molecule has 0 bridgehead atoms. The molecule has 0 fully saturated rings. The molecule has 0 saturated heterocycles. The van der Waals surface area contributed by atoms with E-state index in [2.05, 4.69) is 10.3 Å². The molecule has 0 amide bonds. The van der Waals surface area contributed by atoms with Gasteiger partial charge in [-0.2, -0.15) is 0 Å². The monoisotopic (exact) mass is 447 g/mol. The minimum Gasteiger partial charge on any atom is -0.497 e. The highest BCUT2D eigenvalue weighted by molar-refractivity contribution is 14.0. The topological polar surface area (TPSA) is 68.9 Å². The summed E-state index contributed by atoms with van der Waals surface area (Å²) >= 11 is 5.99. The molecule has 5 nitrogen and oxygen atoms in total. The van der Waals surface area contributed by atoms with E-state index in [0.717, 1.165) is 11.4 Å². The fourth-order valence-electron chi connectivity index (χ4n) is 1.75.